The van der Waals surface area contributed by atoms with Crippen molar-refractivity contribution in [3.8, 4) is 0 Å². The molecule has 0 spiro atoms. The average molecular weight is 214 g/mol. The molecule has 2 N–H and O–H groups in total. The van der Waals surface area contributed by atoms with E-state index in [4.69, 9.17) is 5.11 Å². The van der Waals surface area contributed by atoms with Gasteiger partial charge < -0.3 is 15.3 Å². The van der Waals surface area contributed by atoms with Crippen molar-refractivity contribution in [2.45, 2.75) is 26.3 Å². The molecule has 0 aromatic rings. The minimum absolute atomic E-state index is 0.0950. The van der Waals surface area contributed by atoms with Crippen LogP contribution in [0.1, 0.15) is 20.3 Å². The second-order valence-electron chi connectivity index (χ2n) is 4.42. The summed E-state index contributed by atoms with van der Waals surface area (Å²) in [5.41, 5.74) is -0.446. The molecule has 2 unspecified atom stereocenters. The number of nitrogens with zero attached hydrogens (tertiary/aromatic N) is 1. The topological polar surface area (TPSA) is 69.6 Å². The summed E-state index contributed by atoms with van der Waals surface area (Å²) in [5, 5.41) is 11.9. The molecule has 0 aliphatic carbocycles. The Morgan fingerprint density at radius 3 is 2.53 bits per heavy atom. The van der Waals surface area contributed by atoms with Gasteiger partial charge in [0.1, 0.15) is 6.04 Å². The summed E-state index contributed by atoms with van der Waals surface area (Å²) in [6, 6.07) is -0.769. The van der Waals surface area contributed by atoms with Crippen LogP contribution in [0.15, 0.2) is 0 Å². The number of aliphatic carboxylic acids is 1. The minimum Gasteiger partial charge on any atom is -0.480 e. The lowest BCUT2D eigenvalue weighted by molar-refractivity contribution is -0.152. The van der Waals surface area contributed by atoms with Crippen molar-refractivity contribution in [2.24, 2.45) is 5.41 Å². The zero-order valence-electron chi connectivity index (χ0n) is 9.41. The van der Waals surface area contributed by atoms with Crippen LogP contribution < -0.4 is 5.32 Å². The van der Waals surface area contributed by atoms with E-state index in [1.165, 1.54) is 11.8 Å². The molecule has 2 atom stereocenters. The highest BCUT2D eigenvalue weighted by molar-refractivity contribution is 5.87. The molecule has 1 rings (SSSR count). The second-order valence-corrected chi connectivity index (χ2v) is 4.42. The fraction of sp³-hybridized carbons (Fsp3) is 0.800. The highest BCUT2D eigenvalue weighted by Gasteiger charge is 2.40. The second kappa shape index (κ2) is 4.18. The zero-order valence-corrected chi connectivity index (χ0v) is 9.41. The van der Waals surface area contributed by atoms with Crippen LogP contribution >= 0.6 is 0 Å². The van der Waals surface area contributed by atoms with E-state index in [-0.39, 0.29) is 5.91 Å². The fourth-order valence-corrected chi connectivity index (χ4v) is 1.77. The highest BCUT2D eigenvalue weighted by Crippen LogP contribution is 2.27. The normalized spacial score (nSPS) is 27.4. The molecule has 1 saturated heterocycles. The quantitative estimate of drug-likeness (QED) is 0.689. The molecule has 1 aliphatic heterocycles. The van der Waals surface area contributed by atoms with E-state index >= 15 is 0 Å². The van der Waals surface area contributed by atoms with E-state index in [9.17, 15) is 9.59 Å². The van der Waals surface area contributed by atoms with Crippen molar-refractivity contribution in [3.05, 3.63) is 0 Å². The van der Waals surface area contributed by atoms with Gasteiger partial charge in [-0.3, -0.25) is 4.79 Å². The number of amides is 1. The van der Waals surface area contributed by atoms with Crippen LogP contribution in [0.3, 0.4) is 0 Å². The summed E-state index contributed by atoms with van der Waals surface area (Å²) >= 11 is 0. The van der Waals surface area contributed by atoms with Crippen LogP contribution in [0, 0.1) is 5.41 Å². The Kier molecular flexibility index (Phi) is 3.34. The first-order chi connectivity index (χ1) is 6.88. The Balaban J connectivity index is 2.71. The van der Waals surface area contributed by atoms with E-state index in [1.54, 1.807) is 7.05 Å². The maximum absolute atomic E-state index is 12.0. The molecular weight excluding hydrogens is 196 g/mol. The Morgan fingerprint density at radius 2 is 2.13 bits per heavy atom. The Labute approximate surface area is 89.4 Å². The smallest absolute Gasteiger partial charge is 0.326 e. The van der Waals surface area contributed by atoms with Crippen LogP contribution in [-0.2, 0) is 9.59 Å². The molecule has 86 valence electrons. The molecule has 5 heteroatoms. The van der Waals surface area contributed by atoms with E-state index in [1.807, 2.05) is 6.92 Å². The molecular formula is C10H18N2O3. The largest absolute Gasteiger partial charge is 0.480 e. The molecule has 1 amide bonds. The molecule has 0 aromatic carbocycles. The summed E-state index contributed by atoms with van der Waals surface area (Å²) < 4.78 is 0. The molecule has 15 heavy (non-hydrogen) atoms. The van der Waals surface area contributed by atoms with Crippen LogP contribution in [0.5, 0.6) is 0 Å². The van der Waals surface area contributed by atoms with Gasteiger partial charge in [-0.1, -0.05) is 0 Å². The molecule has 0 aromatic heterocycles. The number of hydrogen-bond acceptors (Lipinski definition) is 3. The van der Waals surface area contributed by atoms with Gasteiger partial charge in [-0.15, -0.1) is 0 Å². The van der Waals surface area contributed by atoms with Gasteiger partial charge in [0.15, 0.2) is 0 Å². The lowest BCUT2D eigenvalue weighted by Crippen LogP contribution is -2.48. The summed E-state index contributed by atoms with van der Waals surface area (Å²) in [6.07, 6.45) is 0.766. The summed E-state index contributed by atoms with van der Waals surface area (Å²) in [5.74, 6) is -1.07. The number of rotatable bonds is 3. The van der Waals surface area contributed by atoms with Crippen molar-refractivity contribution in [1.29, 1.82) is 0 Å². The van der Waals surface area contributed by atoms with E-state index < -0.39 is 17.4 Å². The maximum atomic E-state index is 12.0. The summed E-state index contributed by atoms with van der Waals surface area (Å²) in [4.78, 5) is 24.1. The molecule has 1 heterocycles. The van der Waals surface area contributed by atoms with Crippen molar-refractivity contribution >= 4 is 11.9 Å². The van der Waals surface area contributed by atoms with E-state index in [2.05, 4.69) is 5.32 Å². The average Bonchev–Trinajstić information content (AvgIpc) is 2.62. The fourth-order valence-electron chi connectivity index (χ4n) is 1.77. The highest BCUT2D eigenvalue weighted by atomic mass is 16.4. The van der Waals surface area contributed by atoms with Crippen molar-refractivity contribution in [3.63, 3.8) is 0 Å². The monoisotopic (exact) mass is 214 g/mol. The number of likely N-dealkylation sites (N-methyl/N-ethyl adjacent to an activating group) is 1. The van der Waals surface area contributed by atoms with Crippen molar-refractivity contribution in [2.75, 3.05) is 20.1 Å². The molecule has 0 bridgehead atoms. The number of carboxylic acids is 1. The number of hydrogen-bond donors (Lipinski definition) is 2. The van der Waals surface area contributed by atoms with Crippen LogP contribution in [0.25, 0.3) is 0 Å². The van der Waals surface area contributed by atoms with Gasteiger partial charge in [0, 0.05) is 13.6 Å². The summed E-state index contributed by atoms with van der Waals surface area (Å²) in [6.45, 7) is 4.84. The third-order valence-corrected chi connectivity index (χ3v) is 3.14. The molecule has 0 radical (unpaired) electrons. The minimum atomic E-state index is -0.972. The maximum Gasteiger partial charge on any atom is 0.326 e. The number of nitrogens with one attached hydrogen (secondary N) is 1. The Morgan fingerprint density at radius 1 is 1.53 bits per heavy atom. The van der Waals surface area contributed by atoms with Gasteiger partial charge in [0.25, 0.3) is 0 Å². The third kappa shape index (κ3) is 2.28. The van der Waals surface area contributed by atoms with Crippen molar-refractivity contribution < 1.29 is 14.7 Å². The first-order valence-electron chi connectivity index (χ1n) is 5.09. The standard InChI is InChI=1S/C10H18N2O3/c1-7(8(13)14)12(3)9(15)10(2)4-5-11-6-10/h7,11H,4-6H2,1-3H3,(H,13,14). The van der Waals surface area contributed by atoms with Gasteiger partial charge in [-0.05, 0) is 26.8 Å². The lowest BCUT2D eigenvalue weighted by atomic mass is 9.88. The Hall–Kier alpha value is -1.10. The molecule has 0 saturated carbocycles. The van der Waals surface area contributed by atoms with E-state index in [0.717, 1.165) is 13.0 Å². The van der Waals surface area contributed by atoms with Gasteiger partial charge in [0.05, 0.1) is 5.41 Å². The first-order valence-corrected chi connectivity index (χ1v) is 5.09. The van der Waals surface area contributed by atoms with Gasteiger partial charge in [-0.25, -0.2) is 4.79 Å². The van der Waals surface area contributed by atoms with Gasteiger partial charge in [-0.2, -0.15) is 0 Å². The summed E-state index contributed by atoms with van der Waals surface area (Å²) in [7, 11) is 1.55. The van der Waals surface area contributed by atoms with Gasteiger partial charge >= 0.3 is 5.97 Å². The lowest BCUT2D eigenvalue weighted by Gasteiger charge is -2.30. The zero-order chi connectivity index (χ0) is 11.6. The first kappa shape index (κ1) is 12.0. The van der Waals surface area contributed by atoms with Crippen molar-refractivity contribution in [1.82, 2.24) is 10.2 Å². The van der Waals surface area contributed by atoms with Crippen LogP contribution in [-0.4, -0.2) is 48.1 Å². The predicted molar refractivity (Wildman–Crippen MR) is 55.5 cm³/mol. The molecule has 1 aliphatic rings. The molecule has 5 nitrogen and oxygen atoms in total. The van der Waals surface area contributed by atoms with Crippen LogP contribution in [0.4, 0.5) is 0 Å². The third-order valence-electron chi connectivity index (χ3n) is 3.14. The predicted octanol–water partition coefficient (Wildman–Crippen LogP) is -0.0825. The SMILES string of the molecule is CC(C(=O)O)N(C)C(=O)C1(C)CCNC1. The molecule has 1 fully saturated rings. The number of carbonyl (C=O) groups is 2. The number of carbonyl (C=O) groups excluding carboxylic acids is 1. The number of carboxylic acid groups (broad SMARTS) is 1. The van der Waals surface area contributed by atoms with E-state index in [0.29, 0.717) is 6.54 Å². The van der Waals surface area contributed by atoms with Crippen LogP contribution in [0.2, 0.25) is 0 Å². The van der Waals surface area contributed by atoms with Gasteiger partial charge in [0.2, 0.25) is 5.91 Å². The Bertz CT molecular complexity index is 272.